The molecular formula is C22H24FN5OS. The van der Waals surface area contributed by atoms with E-state index in [1.807, 2.05) is 39.8 Å². The molecule has 0 saturated carbocycles. The van der Waals surface area contributed by atoms with Crippen molar-refractivity contribution in [3.63, 3.8) is 0 Å². The molecule has 0 spiro atoms. The summed E-state index contributed by atoms with van der Waals surface area (Å²) in [6.07, 6.45) is 0.988. The Hall–Kier alpha value is -2.71. The van der Waals surface area contributed by atoms with E-state index in [1.165, 1.54) is 23.9 Å². The molecule has 156 valence electrons. The second-order valence-electron chi connectivity index (χ2n) is 7.31. The molecular weight excluding hydrogens is 401 g/mol. The van der Waals surface area contributed by atoms with Gasteiger partial charge in [0.1, 0.15) is 5.82 Å². The molecule has 0 atom stereocenters. The zero-order valence-corrected chi connectivity index (χ0v) is 17.7. The second kappa shape index (κ2) is 9.40. The van der Waals surface area contributed by atoms with Crippen LogP contribution in [-0.4, -0.2) is 69.5 Å². The molecule has 8 heteroatoms. The lowest BCUT2D eigenvalue weighted by atomic mass is 10.2. The number of halogens is 1. The van der Waals surface area contributed by atoms with Crippen LogP contribution in [0.3, 0.4) is 0 Å². The van der Waals surface area contributed by atoms with Gasteiger partial charge in [-0.05, 0) is 56.4 Å². The van der Waals surface area contributed by atoms with E-state index in [0.29, 0.717) is 16.7 Å². The predicted octanol–water partition coefficient (Wildman–Crippen LogP) is 3.33. The zero-order chi connectivity index (χ0) is 20.9. The molecule has 1 aliphatic heterocycles. The van der Waals surface area contributed by atoms with Crippen molar-refractivity contribution in [3.05, 3.63) is 60.4 Å². The van der Waals surface area contributed by atoms with Crippen LogP contribution in [0.1, 0.15) is 6.42 Å². The summed E-state index contributed by atoms with van der Waals surface area (Å²) < 4.78 is 15.3. The average Bonchev–Trinajstić information content (AvgIpc) is 3.07. The van der Waals surface area contributed by atoms with Gasteiger partial charge in [0, 0.05) is 30.9 Å². The van der Waals surface area contributed by atoms with Crippen LogP contribution in [0.5, 0.6) is 0 Å². The first-order chi connectivity index (χ1) is 14.6. The fraction of sp³-hybridized carbons (Fsp3) is 0.318. The van der Waals surface area contributed by atoms with Crippen LogP contribution in [0, 0.1) is 5.82 Å². The minimum atomic E-state index is -0.298. The number of rotatable bonds is 5. The highest BCUT2D eigenvalue weighted by atomic mass is 32.2. The molecule has 3 aromatic rings. The SMILES string of the molecule is CN1CCCN(C(=O)CSc2nnc(-c3ccc(F)cc3)n2-c2ccccc2)CC1. The van der Waals surface area contributed by atoms with Crippen molar-refractivity contribution >= 4 is 17.7 Å². The van der Waals surface area contributed by atoms with Crippen molar-refractivity contribution in [1.29, 1.82) is 0 Å². The molecule has 1 fully saturated rings. The first-order valence-corrected chi connectivity index (χ1v) is 11.0. The number of hydrogen-bond acceptors (Lipinski definition) is 5. The third-order valence-corrected chi connectivity index (χ3v) is 6.06. The highest BCUT2D eigenvalue weighted by Gasteiger charge is 2.21. The summed E-state index contributed by atoms with van der Waals surface area (Å²) in [5, 5.41) is 9.33. The Morgan fingerprint density at radius 2 is 1.77 bits per heavy atom. The molecule has 2 aromatic carbocycles. The molecule has 0 radical (unpaired) electrons. The molecule has 0 bridgehead atoms. The van der Waals surface area contributed by atoms with Crippen LogP contribution in [0.2, 0.25) is 0 Å². The van der Waals surface area contributed by atoms with Crippen molar-refractivity contribution in [2.24, 2.45) is 0 Å². The lowest BCUT2D eigenvalue weighted by molar-refractivity contribution is -0.128. The monoisotopic (exact) mass is 425 g/mol. The average molecular weight is 426 g/mol. The van der Waals surface area contributed by atoms with E-state index >= 15 is 0 Å². The Bertz CT molecular complexity index is 993. The molecule has 0 unspecified atom stereocenters. The molecule has 1 aromatic heterocycles. The third kappa shape index (κ3) is 4.71. The summed E-state index contributed by atoms with van der Waals surface area (Å²) in [5.74, 6) is 0.736. The first kappa shape index (κ1) is 20.6. The standard InChI is InChI=1S/C22H24FN5OS/c1-26-12-5-13-27(15-14-26)20(29)16-30-22-25-24-21(17-8-10-18(23)11-9-17)28(22)19-6-3-2-4-7-19/h2-4,6-11H,5,12-16H2,1H3. The number of amides is 1. The van der Waals surface area contributed by atoms with Crippen molar-refractivity contribution in [1.82, 2.24) is 24.6 Å². The summed E-state index contributed by atoms with van der Waals surface area (Å²) in [6, 6.07) is 15.9. The summed E-state index contributed by atoms with van der Waals surface area (Å²) >= 11 is 1.38. The number of likely N-dealkylation sites (N-methyl/N-ethyl adjacent to an activating group) is 1. The zero-order valence-electron chi connectivity index (χ0n) is 16.9. The third-order valence-electron chi connectivity index (χ3n) is 5.15. The predicted molar refractivity (Wildman–Crippen MR) is 116 cm³/mol. The van der Waals surface area contributed by atoms with Gasteiger partial charge < -0.3 is 9.80 Å². The number of carbonyl (C=O) groups is 1. The summed E-state index contributed by atoms with van der Waals surface area (Å²) in [5.41, 5.74) is 1.66. The van der Waals surface area contributed by atoms with Gasteiger partial charge in [0.05, 0.1) is 5.75 Å². The minimum Gasteiger partial charge on any atom is -0.341 e. The quantitative estimate of drug-likeness (QED) is 0.587. The van der Waals surface area contributed by atoms with E-state index in [9.17, 15) is 9.18 Å². The smallest absolute Gasteiger partial charge is 0.233 e. The van der Waals surface area contributed by atoms with Crippen molar-refractivity contribution in [3.8, 4) is 17.1 Å². The van der Waals surface area contributed by atoms with Gasteiger partial charge in [-0.3, -0.25) is 9.36 Å². The number of benzene rings is 2. The van der Waals surface area contributed by atoms with Gasteiger partial charge in [0.2, 0.25) is 5.91 Å². The summed E-state index contributed by atoms with van der Waals surface area (Å²) in [7, 11) is 2.09. The molecule has 0 N–H and O–H groups in total. The van der Waals surface area contributed by atoms with Crippen LogP contribution in [0.25, 0.3) is 17.1 Å². The van der Waals surface area contributed by atoms with Gasteiger partial charge in [-0.15, -0.1) is 10.2 Å². The molecule has 0 aliphatic carbocycles. The maximum Gasteiger partial charge on any atom is 0.233 e. The van der Waals surface area contributed by atoms with Crippen LogP contribution >= 0.6 is 11.8 Å². The van der Waals surface area contributed by atoms with Crippen LogP contribution in [0.15, 0.2) is 59.8 Å². The topological polar surface area (TPSA) is 54.3 Å². The number of nitrogens with zero attached hydrogens (tertiary/aromatic N) is 5. The molecule has 6 nitrogen and oxygen atoms in total. The normalized spacial score (nSPS) is 15.2. The van der Waals surface area contributed by atoms with Gasteiger partial charge in [0.25, 0.3) is 0 Å². The second-order valence-corrected chi connectivity index (χ2v) is 8.25. The molecule has 1 aliphatic rings. The van der Waals surface area contributed by atoms with Gasteiger partial charge in [-0.1, -0.05) is 30.0 Å². The maximum atomic E-state index is 13.4. The van der Waals surface area contributed by atoms with Gasteiger partial charge in [0.15, 0.2) is 11.0 Å². The van der Waals surface area contributed by atoms with Gasteiger partial charge in [-0.2, -0.15) is 0 Å². The number of aromatic nitrogens is 3. The number of carbonyl (C=O) groups excluding carboxylic acids is 1. The van der Waals surface area contributed by atoms with Crippen LogP contribution < -0.4 is 0 Å². The molecule has 4 rings (SSSR count). The van der Waals surface area contributed by atoms with E-state index in [2.05, 4.69) is 22.1 Å². The van der Waals surface area contributed by atoms with Crippen molar-refractivity contribution in [2.75, 3.05) is 39.0 Å². The fourth-order valence-electron chi connectivity index (χ4n) is 3.47. The lowest BCUT2D eigenvalue weighted by Gasteiger charge is -2.20. The maximum absolute atomic E-state index is 13.4. The van der Waals surface area contributed by atoms with Crippen molar-refractivity contribution < 1.29 is 9.18 Å². The van der Waals surface area contributed by atoms with E-state index in [-0.39, 0.29) is 11.7 Å². The largest absolute Gasteiger partial charge is 0.341 e. The molecule has 2 heterocycles. The minimum absolute atomic E-state index is 0.112. The fourth-order valence-corrected chi connectivity index (χ4v) is 4.33. The van der Waals surface area contributed by atoms with Crippen LogP contribution in [0.4, 0.5) is 4.39 Å². The van der Waals surface area contributed by atoms with E-state index in [1.54, 1.807) is 12.1 Å². The van der Waals surface area contributed by atoms with Crippen LogP contribution in [-0.2, 0) is 4.79 Å². The first-order valence-electron chi connectivity index (χ1n) is 9.98. The molecule has 1 saturated heterocycles. The van der Waals surface area contributed by atoms with Gasteiger partial charge >= 0.3 is 0 Å². The van der Waals surface area contributed by atoms with E-state index < -0.39 is 0 Å². The highest BCUT2D eigenvalue weighted by Crippen LogP contribution is 2.28. The molecule has 30 heavy (non-hydrogen) atoms. The van der Waals surface area contributed by atoms with E-state index in [0.717, 1.165) is 43.9 Å². The Kier molecular flexibility index (Phi) is 6.44. The Balaban J connectivity index is 1.57. The number of thioether (sulfide) groups is 1. The van der Waals surface area contributed by atoms with Crippen molar-refractivity contribution in [2.45, 2.75) is 11.6 Å². The Morgan fingerprint density at radius 1 is 1.00 bits per heavy atom. The Morgan fingerprint density at radius 3 is 2.53 bits per heavy atom. The number of para-hydroxylation sites is 1. The lowest BCUT2D eigenvalue weighted by Crippen LogP contribution is -2.35. The summed E-state index contributed by atoms with van der Waals surface area (Å²) in [6.45, 7) is 3.45. The number of hydrogen-bond donors (Lipinski definition) is 0. The van der Waals surface area contributed by atoms with E-state index in [4.69, 9.17) is 0 Å². The highest BCUT2D eigenvalue weighted by molar-refractivity contribution is 7.99. The van der Waals surface area contributed by atoms with Gasteiger partial charge in [-0.25, -0.2) is 4.39 Å². The summed E-state index contributed by atoms with van der Waals surface area (Å²) in [4.78, 5) is 17.0. The Labute approximate surface area is 179 Å². The molecule has 1 amide bonds.